The molecule has 0 bridgehead atoms. The summed E-state index contributed by atoms with van der Waals surface area (Å²) < 4.78 is 9.99. The van der Waals surface area contributed by atoms with Crippen molar-refractivity contribution in [1.29, 1.82) is 0 Å². The van der Waals surface area contributed by atoms with Gasteiger partial charge in [-0.25, -0.2) is 4.79 Å². The third-order valence-electron chi connectivity index (χ3n) is 3.72. The summed E-state index contributed by atoms with van der Waals surface area (Å²) in [5, 5.41) is 48.0. The van der Waals surface area contributed by atoms with E-state index >= 15 is 0 Å². The van der Waals surface area contributed by atoms with Crippen molar-refractivity contribution in [3.8, 4) is 0 Å². The van der Waals surface area contributed by atoms with Gasteiger partial charge in [0.2, 0.25) is 0 Å². The van der Waals surface area contributed by atoms with E-state index in [1.54, 1.807) is 0 Å². The first-order chi connectivity index (χ1) is 10.4. The normalized spacial score (nSPS) is 33.5. The van der Waals surface area contributed by atoms with Crippen LogP contribution in [0.4, 0.5) is 0 Å². The topological polar surface area (TPSA) is 137 Å². The lowest BCUT2D eigenvalue weighted by Gasteiger charge is -2.41. The van der Waals surface area contributed by atoms with Crippen molar-refractivity contribution in [2.45, 2.75) is 69.2 Å². The minimum Gasteiger partial charge on any atom is -0.464 e. The van der Waals surface area contributed by atoms with Crippen LogP contribution in [0.3, 0.4) is 0 Å². The third kappa shape index (κ3) is 4.87. The Labute approximate surface area is 129 Å². The molecule has 1 rings (SSSR count). The third-order valence-corrected chi connectivity index (χ3v) is 3.72. The Morgan fingerprint density at radius 1 is 1.14 bits per heavy atom. The summed E-state index contributed by atoms with van der Waals surface area (Å²) in [6, 6.07) is 0. The van der Waals surface area contributed by atoms with Crippen molar-refractivity contribution in [3.05, 3.63) is 0 Å². The fourth-order valence-corrected chi connectivity index (χ4v) is 2.31. The largest absolute Gasteiger partial charge is 0.464 e. The molecule has 1 fully saturated rings. The lowest BCUT2D eigenvalue weighted by molar-refractivity contribution is -0.250. The summed E-state index contributed by atoms with van der Waals surface area (Å²) in [5.74, 6) is -0.971. The summed E-state index contributed by atoms with van der Waals surface area (Å²) in [6.45, 7) is 1.57. The first-order valence-electron chi connectivity index (χ1n) is 7.59. The van der Waals surface area contributed by atoms with E-state index in [1.165, 1.54) is 0 Å². The molecule has 0 aromatic heterocycles. The molecule has 1 aliphatic rings. The van der Waals surface area contributed by atoms with E-state index < -0.39 is 49.2 Å². The molecule has 0 amide bonds. The van der Waals surface area contributed by atoms with Gasteiger partial charge in [-0.05, 0) is 6.42 Å². The quantitative estimate of drug-likeness (QED) is 0.264. The Hall–Kier alpha value is -0.770. The molecular weight excluding hydrogens is 296 g/mol. The van der Waals surface area contributed by atoms with Gasteiger partial charge in [0.25, 0.3) is 0 Å². The second-order valence-corrected chi connectivity index (χ2v) is 5.47. The maximum absolute atomic E-state index is 11.7. The Morgan fingerprint density at radius 2 is 1.82 bits per heavy atom. The summed E-state index contributed by atoms with van der Waals surface area (Å²) >= 11 is 0. The molecule has 0 aromatic rings. The van der Waals surface area contributed by atoms with Crippen LogP contribution >= 0.6 is 0 Å². The highest BCUT2D eigenvalue weighted by atomic mass is 16.6. The number of carbonyl (C=O) groups is 1. The maximum atomic E-state index is 11.7. The predicted octanol–water partition coefficient (Wildman–Crippen LogP) is -1.69. The number of unbranched alkanes of at least 4 members (excludes halogenated alkanes) is 3. The van der Waals surface area contributed by atoms with Crippen LogP contribution in [0.15, 0.2) is 0 Å². The van der Waals surface area contributed by atoms with Gasteiger partial charge in [-0.1, -0.05) is 26.2 Å². The summed E-state index contributed by atoms with van der Waals surface area (Å²) in [4.78, 5) is 11.7. The first-order valence-corrected chi connectivity index (χ1v) is 7.59. The molecule has 0 saturated carbocycles. The summed E-state index contributed by atoms with van der Waals surface area (Å²) in [7, 11) is 0. The second kappa shape index (κ2) is 9.39. The van der Waals surface area contributed by atoms with Gasteiger partial charge in [-0.2, -0.15) is 0 Å². The Morgan fingerprint density at radius 3 is 2.41 bits per heavy atom. The van der Waals surface area contributed by atoms with Crippen LogP contribution in [-0.2, 0) is 14.3 Å². The highest BCUT2D eigenvalue weighted by Gasteiger charge is 2.48. The molecule has 8 heteroatoms. The number of aliphatic hydroxyl groups excluding tert-OH is 5. The molecule has 1 saturated heterocycles. The molecule has 1 aliphatic heterocycles. The number of hydrogen-bond donors (Lipinski definition) is 5. The highest BCUT2D eigenvalue weighted by molar-refractivity contribution is 5.75. The van der Waals surface area contributed by atoms with Gasteiger partial charge in [-0.15, -0.1) is 0 Å². The van der Waals surface area contributed by atoms with E-state index in [2.05, 4.69) is 6.92 Å². The SMILES string of the molecule is CCCCCCOC(=O)C(O)C1O[C@H](CO)[C@H](O)[C@H](O)[C@H]1O. The molecule has 8 nitrogen and oxygen atoms in total. The van der Waals surface area contributed by atoms with Gasteiger partial charge < -0.3 is 35.0 Å². The number of carbonyl (C=O) groups excluding carboxylic acids is 1. The maximum Gasteiger partial charge on any atom is 0.337 e. The van der Waals surface area contributed by atoms with Crippen molar-refractivity contribution >= 4 is 5.97 Å². The van der Waals surface area contributed by atoms with Gasteiger partial charge in [0.1, 0.15) is 30.5 Å². The molecule has 5 N–H and O–H groups in total. The average Bonchev–Trinajstić information content (AvgIpc) is 2.52. The molecule has 2 unspecified atom stereocenters. The Kier molecular flexibility index (Phi) is 8.23. The molecule has 6 atom stereocenters. The molecule has 22 heavy (non-hydrogen) atoms. The van der Waals surface area contributed by atoms with Crippen LogP contribution in [0.1, 0.15) is 32.6 Å². The summed E-state index contributed by atoms with van der Waals surface area (Å²) in [5.41, 5.74) is 0. The second-order valence-electron chi connectivity index (χ2n) is 5.47. The molecule has 0 aliphatic carbocycles. The van der Waals surface area contributed by atoms with E-state index in [-0.39, 0.29) is 6.61 Å². The molecule has 1 heterocycles. The number of ether oxygens (including phenoxy) is 2. The minimum absolute atomic E-state index is 0.146. The molecule has 0 spiro atoms. The number of hydrogen-bond acceptors (Lipinski definition) is 8. The molecule has 130 valence electrons. The molecule has 0 radical (unpaired) electrons. The van der Waals surface area contributed by atoms with Gasteiger partial charge >= 0.3 is 5.97 Å². The average molecular weight is 322 g/mol. The van der Waals surface area contributed by atoms with Gasteiger partial charge in [0, 0.05) is 0 Å². The van der Waals surface area contributed by atoms with E-state index in [0.717, 1.165) is 19.3 Å². The zero-order chi connectivity index (χ0) is 16.7. The van der Waals surface area contributed by atoms with Crippen molar-refractivity contribution in [2.24, 2.45) is 0 Å². The van der Waals surface area contributed by atoms with Crippen molar-refractivity contribution in [1.82, 2.24) is 0 Å². The van der Waals surface area contributed by atoms with Crippen molar-refractivity contribution in [3.63, 3.8) is 0 Å². The highest BCUT2D eigenvalue weighted by Crippen LogP contribution is 2.23. The fraction of sp³-hybridized carbons (Fsp3) is 0.929. The zero-order valence-corrected chi connectivity index (χ0v) is 12.7. The van der Waals surface area contributed by atoms with Crippen LogP contribution in [0.5, 0.6) is 0 Å². The monoisotopic (exact) mass is 322 g/mol. The predicted molar refractivity (Wildman–Crippen MR) is 74.9 cm³/mol. The van der Waals surface area contributed by atoms with E-state index in [0.29, 0.717) is 6.42 Å². The van der Waals surface area contributed by atoms with Crippen LogP contribution in [0, 0.1) is 0 Å². The van der Waals surface area contributed by atoms with Gasteiger partial charge in [0.05, 0.1) is 13.2 Å². The van der Waals surface area contributed by atoms with E-state index in [4.69, 9.17) is 14.6 Å². The Bertz CT molecular complexity index is 335. The van der Waals surface area contributed by atoms with Gasteiger partial charge in [0.15, 0.2) is 6.10 Å². The number of rotatable bonds is 8. The van der Waals surface area contributed by atoms with Crippen LogP contribution < -0.4 is 0 Å². The summed E-state index contributed by atoms with van der Waals surface area (Å²) in [6.07, 6.45) is -5.65. The number of esters is 1. The zero-order valence-electron chi connectivity index (χ0n) is 12.7. The smallest absolute Gasteiger partial charge is 0.337 e. The number of aliphatic hydroxyl groups is 5. The van der Waals surface area contributed by atoms with E-state index in [9.17, 15) is 25.2 Å². The molecular formula is C14H26O8. The minimum atomic E-state index is -1.81. The molecule has 0 aromatic carbocycles. The fourth-order valence-electron chi connectivity index (χ4n) is 2.31. The standard InChI is InChI=1S/C14H26O8/c1-2-3-4-5-6-21-14(20)12(19)13-11(18)10(17)9(16)8(7-15)22-13/h8-13,15-19H,2-7H2,1H3/t8-,9+,10+,11-,12?,13?/m1/s1. The van der Waals surface area contributed by atoms with Crippen LogP contribution in [0.2, 0.25) is 0 Å². The van der Waals surface area contributed by atoms with Gasteiger partial charge in [-0.3, -0.25) is 0 Å². The Balaban J connectivity index is 2.51. The van der Waals surface area contributed by atoms with Crippen molar-refractivity contribution < 1.29 is 39.8 Å². The lowest BCUT2D eigenvalue weighted by Crippen LogP contribution is -2.62. The first kappa shape index (κ1) is 19.3. The van der Waals surface area contributed by atoms with Crippen LogP contribution in [-0.4, -0.2) is 81.3 Å². The van der Waals surface area contributed by atoms with Crippen molar-refractivity contribution in [2.75, 3.05) is 13.2 Å². The lowest BCUT2D eigenvalue weighted by atomic mass is 9.92. The van der Waals surface area contributed by atoms with E-state index in [1.807, 2.05) is 0 Å². The van der Waals surface area contributed by atoms with Crippen LogP contribution in [0.25, 0.3) is 0 Å².